The molecule has 1 saturated carbocycles. The van der Waals surface area contributed by atoms with Crippen LogP contribution in [0.2, 0.25) is 0 Å². The first-order valence-electron chi connectivity index (χ1n) is 7.27. The zero-order valence-corrected chi connectivity index (χ0v) is 11.8. The minimum Gasteiger partial charge on any atom is -0.368 e. The number of hydrogen-bond donors (Lipinski definition) is 1. The summed E-state index contributed by atoms with van der Waals surface area (Å²) in [5.41, 5.74) is 2.10. The van der Waals surface area contributed by atoms with E-state index in [1.54, 1.807) is 0 Å². The molecule has 4 nitrogen and oxygen atoms in total. The van der Waals surface area contributed by atoms with Crippen molar-refractivity contribution in [2.45, 2.75) is 39.5 Å². The molecular weight excluding hydrogens is 236 g/mol. The van der Waals surface area contributed by atoms with Crippen LogP contribution in [0, 0.1) is 18.8 Å². The monoisotopic (exact) mass is 258 g/mol. The van der Waals surface area contributed by atoms with Gasteiger partial charge in [0.05, 0.1) is 5.69 Å². The second kappa shape index (κ2) is 5.19. The molecule has 1 aliphatic carbocycles. The largest absolute Gasteiger partial charge is 0.368 e. The van der Waals surface area contributed by atoms with Gasteiger partial charge < -0.3 is 5.32 Å². The number of fused-ring (bicyclic) bond motifs is 1. The molecule has 4 heteroatoms. The average Bonchev–Trinajstić information content (AvgIpc) is 2.77. The Morgan fingerprint density at radius 2 is 2.32 bits per heavy atom. The molecule has 0 saturated heterocycles. The normalized spacial score (nSPS) is 23.7. The molecule has 19 heavy (non-hydrogen) atoms. The predicted octanol–water partition coefficient (Wildman–Crippen LogP) is 3.28. The fourth-order valence-corrected chi connectivity index (χ4v) is 3.17. The Morgan fingerprint density at radius 3 is 3.16 bits per heavy atom. The zero-order chi connectivity index (χ0) is 13.2. The molecule has 0 bridgehead atoms. The molecule has 2 aromatic heterocycles. The lowest BCUT2D eigenvalue weighted by atomic mass is 9.82. The van der Waals surface area contributed by atoms with E-state index in [-0.39, 0.29) is 0 Å². The molecule has 0 amide bonds. The molecule has 0 spiro atoms. The van der Waals surface area contributed by atoms with Crippen LogP contribution in [0.25, 0.3) is 5.52 Å². The van der Waals surface area contributed by atoms with Crippen molar-refractivity contribution in [1.82, 2.24) is 14.6 Å². The quantitative estimate of drug-likeness (QED) is 0.918. The van der Waals surface area contributed by atoms with E-state index in [2.05, 4.69) is 28.4 Å². The van der Waals surface area contributed by atoms with Gasteiger partial charge in [-0.25, -0.2) is 9.50 Å². The highest BCUT2D eigenvalue weighted by Gasteiger charge is 2.19. The third-order valence-electron chi connectivity index (χ3n) is 4.12. The molecule has 2 unspecified atom stereocenters. The Kier molecular flexibility index (Phi) is 3.40. The summed E-state index contributed by atoms with van der Waals surface area (Å²) in [6.45, 7) is 5.41. The van der Waals surface area contributed by atoms with Gasteiger partial charge in [0.1, 0.15) is 5.52 Å². The SMILES string of the molecule is Cc1cc2c(NCC3CCCC(C)C3)nccn2n1. The Labute approximate surface area is 114 Å². The van der Waals surface area contributed by atoms with Crippen molar-refractivity contribution in [3.8, 4) is 0 Å². The second-order valence-corrected chi connectivity index (χ2v) is 5.91. The molecule has 1 N–H and O–H groups in total. The van der Waals surface area contributed by atoms with Gasteiger partial charge in [-0.1, -0.05) is 19.8 Å². The highest BCUT2D eigenvalue weighted by Crippen LogP contribution is 2.28. The molecule has 2 heterocycles. The van der Waals surface area contributed by atoms with Gasteiger partial charge in [-0.2, -0.15) is 5.10 Å². The molecule has 1 aliphatic rings. The van der Waals surface area contributed by atoms with Crippen LogP contribution in [-0.2, 0) is 0 Å². The highest BCUT2D eigenvalue weighted by atomic mass is 15.2. The average molecular weight is 258 g/mol. The first-order valence-corrected chi connectivity index (χ1v) is 7.27. The van der Waals surface area contributed by atoms with E-state index in [4.69, 9.17) is 0 Å². The van der Waals surface area contributed by atoms with Gasteiger partial charge in [0.25, 0.3) is 0 Å². The van der Waals surface area contributed by atoms with Crippen LogP contribution in [0.1, 0.15) is 38.3 Å². The van der Waals surface area contributed by atoms with Gasteiger partial charge in [0.2, 0.25) is 0 Å². The van der Waals surface area contributed by atoms with Crippen LogP contribution in [0.4, 0.5) is 5.82 Å². The minimum absolute atomic E-state index is 0.787. The van der Waals surface area contributed by atoms with Crippen LogP contribution in [0.3, 0.4) is 0 Å². The van der Waals surface area contributed by atoms with E-state index in [0.717, 1.165) is 35.4 Å². The Morgan fingerprint density at radius 1 is 1.42 bits per heavy atom. The number of anilines is 1. The van der Waals surface area contributed by atoms with E-state index >= 15 is 0 Å². The molecular formula is C15H22N4. The molecule has 0 radical (unpaired) electrons. The van der Waals surface area contributed by atoms with Crippen LogP contribution in [0.5, 0.6) is 0 Å². The molecule has 2 atom stereocenters. The maximum Gasteiger partial charge on any atom is 0.152 e. The summed E-state index contributed by atoms with van der Waals surface area (Å²) in [5.74, 6) is 2.62. The number of nitrogens with zero attached hydrogens (tertiary/aromatic N) is 3. The summed E-state index contributed by atoms with van der Waals surface area (Å²) in [6.07, 6.45) is 9.16. The van der Waals surface area contributed by atoms with Gasteiger partial charge >= 0.3 is 0 Å². The van der Waals surface area contributed by atoms with Crippen LogP contribution < -0.4 is 5.32 Å². The molecule has 2 aromatic rings. The standard InChI is InChI=1S/C15H22N4/c1-11-4-3-5-13(8-11)10-17-15-14-9-12(2)18-19(14)7-6-16-15/h6-7,9,11,13H,3-5,8,10H2,1-2H3,(H,16,17). The highest BCUT2D eigenvalue weighted by molar-refractivity contribution is 5.67. The first-order chi connectivity index (χ1) is 9.22. The molecule has 0 aromatic carbocycles. The van der Waals surface area contributed by atoms with Crippen molar-refractivity contribution in [2.75, 3.05) is 11.9 Å². The summed E-state index contributed by atoms with van der Waals surface area (Å²) >= 11 is 0. The lowest BCUT2D eigenvalue weighted by Crippen LogP contribution is -2.21. The topological polar surface area (TPSA) is 42.2 Å². The zero-order valence-electron chi connectivity index (χ0n) is 11.8. The second-order valence-electron chi connectivity index (χ2n) is 5.91. The minimum atomic E-state index is 0.787. The third-order valence-corrected chi connectivity index (χ3v) is 4.12. The predicted molar refractivity (Wildman–Crippen MR) is 77.3 cm³/mol. The first kappa shape index (κ1) is 12.5. The fraction of sp³-hybridized carbons (Fsp3) is 0.600. The number of nitrogens with one attached hydrogen (secondary N) is 1. The summed E-state index contributed by atoms with van der Waals surface area (Å²) in [4.78, 5) is 4.45. The van der Waals surface area contributed by atoms with Crippen molar-refractivity contribution in [2.24, 2.45) is 11.8 Å². The maximum atomic E-state index is 4.45. The van der Waals surface area contributed by atoms with Crippen LogP contribution >= 0.6 is 0 Å². The van der Waals surface area contributed by atoms with Gasteiger partial charge in [0, 0.05) is 18.9 Å². The lowest BCUT2D eigenvalue weighted by Gasteiger charge is -2.26. The van der Waals surface area contributed by atoms with Crippen molar-refractivity contribution in [3.05, 3.63) is 24.2 Å². The van der Waals surface area contributed by atoms with E-state index < -0.39 is 0 Å². The third kappa shape index (κ3) is 2.72. The molecule has 102 valence electrons. The van der Waals surface area contributed by atoms with Crippen molar-refractivity contribution in [1.29, 1.82) is 0 Å². The van der Waals surface area contributed by atoms with Crippen molar-refractivity contribution < 1.29 is 0 Å². The van der Waals surface area contributed by atoms with Crippen LogP contribution in [0.15, 0.2) is 18.5 Å². The summed E-state index contributed by atoms with van der Waals surface area (Å²) in [7, 11) is 0. The van der Waals surface area contributed by atoms with E-state index in [1.807, 2.05) is 23.8 Å². The van der Waals surface area contributed by atoms with Crippen molar-refractivity contribution >= 4 is 11.3 Å². The smallest absolute Gasteiger partial charge is 0.152 e. The molecule has 3 rings (SSSR count). The van der Waals surface area contributed by atoms with Gasteiger partial charge in [-0.05, 0) is 37.7 Å². The number of aromatic nitrogens is 3. The Bertz CT molecular complexity index is 560. The van der Waals surface area contributed by atoms with Gasteiger partial charge in [0.15, 0.2) is 5.82 Å². The van der Waals surface area contributed by atoms with Crippen LogP contribution in [-0.4, -0.2) is 21.1 Å². The van der Waals surface area contributed by atoms with Gasteiger partial charge in [-0.3, -0.25) is 0 Å². The summed E-state index contributed by atoms with van der Waals surface area (Å²) in [6, 6.07) is 2.08. The molecule has 1 fully saturated rings. The van der Waals surface area contributed by atoms with E-state index in [9.17, 15) is 0 Å². The van der Waals surface area contributed by atoms with E-state index in [0.29, 0.717) is 0 Å². The molecule has 0 aliphatic heterocycles. The summed E-state index contributed by atoms with van der Waals surface area (Å²) < 4.78 is 1.90. The van der Waals surface area contributed by atoms with Gasteiger partial charge in [-0.15, -0.1) is 0 Å². The Balaban J connectivity index is 1.71. The summed E-state index contributed by atoms with van der Waals surface area (Å²) in [5, 5.41) is 7.94. The number of rotatable bonds is 3. The lowest BCUT2D eigenvalue weighted by molar-refractivity contribution is 0.293. The van der Waals surface area contributed by atoms with Crippen molar-refractivity contribution in [3.63, 3.8) is 0 Å². The Hall–Kier alpha value is -1.58. The maximum absolute atomic E-state index is 4.45. The van der Waals surface area contributed by atoms with E-state index in [1.165, 1.54) is 25.7 Å². The number of aryl methyl sites for hydroxylation is 1. The fourth-order valence-electron chi connectivity index (χ4n) is 3.17. The number of hydrogen-bond acceptors (Lipinski definition) is 3.